The highest BCUT2D eigenvalue weighted by atomic mass is 19.4. The number of nitrogens with zero attached hydrogens (tertiary/aromatic N) is 2. The number of carbonyl (C=O) groups excluding carboxylic acids is 1. The zero-order chi connectivity index (χ0) is 21.3. The number of carbonyl (C=O) groups is 1. The number of esters is 1. The molecule has 2 rings (SSSR count). The van der Waals surface area contributed by atoms with E-state index in [4.69, 9.17) is 4.74 Å². The molecule has 1 heterocycles. The van der Waals surface area contributed by atoms with Crippen LogP contribution in [0.15, 0.2) is 30.5 Å². The lowest BCUT2D eigenvalue weighted by Gasteiger charge is -2.27. The van der Waals surface area contributed by atoms with Crippen LogP contribution in [-0.4, -0.2) is 34.6 Å². The molecule has 1 aromatic carbocycles. The smallest absolute Gasteiger partial charge is 0.460 e. The van der Waals surface area contributed by atoms with Crippen LogP contribution in [0.25, 0.3) is 11.3 Å². The summed E-state index contributed by atoms with van der Waals surface area (Å²) in [7, 11) is 0. The molecule has 0 spiro atoms. The van der Waals surface area contributed by atoms with Crippen molar-refractivity contribution in [2.75, 3.05) is 6.61 Å². The molecule has 0 amide bonds. The monoisotopic (exact) mass is 410 g/mol. The van der Waals surface area contributed by atoms with Crippen molar-refractivity contribution in [3.05, 3.63) is 47.4 Å². The Morgan fingerprint density at radius 1 is 1.07 bits per heavy atom. The molecule has 2 aromatic rings. The molecule has 0 saturated carbocycles. The van der Waals surface area contributed by atoms with Crippen molar-refractivity contribution in [2.24, 2.45) is 0 Å². The summed E-state index contributed by atoms with van der Waals surface area (Å²) in [6.07, 6.45) is -6.09. The van der Waals surface area contributed by atoms with Crippen molar-refractivity contribution in [3.8, 4) is 11.3 Å². The minimum Gasteiger partial charge on any atom is -0.462 e. The standard InChI is InChI=1S/C17H13F7N2O2/c1-3-28-13(27)11-8-25-14(15(18,19)16(20,21)17(22,23)24)26-12(11)10-7-5-4-6-9(10)2/h4-8H,3H2,1-2H3. The fourth-order valence-corrected chi connectivity index (χ4v) is 2.25. The van der Waals surface area contributed by atoms with Gasteiger partial charge in [-0.05, 0) is 19.4 Å². The molecule has 0 radical (unpaired) electrons. The van der Waals surface area contributed by atoms with Crippen LogP contribution < -0.4 is 0 Å². The third kappa shape index (κ3) is 3.65. The number of alkyl halides is 7. The van der Waals surface area contributed by atoms with Crippen LogP contribution in [0, 0.1) is 6.92 Å². The third-order valence-electron chi connectivity index (χ3n) is 3.72. The second-order valence-corrected chi connectivity index (χ2v) is 5.64. The lowest BCUT2D eigenvalue weighted by molar-refractivity contribution is -0.361. The summed E-state index contributed by atoms with van der Waals surface area (Å²) in [6, 6.07) is 5.86. The van der Waals surface area contributed by atoms with Crippen LogP contribution in [-0.2, 0) is 10.7 Å². The van der Waals surface area contributed by atoms with Crippen molar-refractivity contribution < 1.29 is 40.3 Å². The van der Waals surface area contributed by atoms with Crippen molar-refractivity contribution in [3.63, 3.8) is 0 Å². The van der Waals surface area contributed by atoms with E-state index < -0.39 is 41.1 Å². The van der Waals surface area contributed by atoms with Crippen molar-refractivity contribution in [2.45, 2.75) is 31.9 Å². The zero-order valence-electron chi connectivity index (χ0n) is 14.5. The molecule has 11 heteroatoms. The quantitative estimate of drug-likeness (QED) is 0.519. The average molecular weight is 410 g/mol. The van der Waals surface area contributed by atoms with Crippen molar-refractivity contribution in [1.29, 1.82) is 0 Å². The first-order chi connectivity index (χ1) is 12.8. The molecule has 28 heavy (non-hydrogen) atoms. The van der Waals surface area contributed by atoms with Gasteiger partial charge in [0.1, 0.15) is 5.56 Å². The highest BCUT2D eigenvalue weighted by Gasteiger charge is 2.75. The van der Waals surface area contributed by atoms with Gasteiger partial charge in [-0.15, -0.1) is 0 Å². The number of hydrogen-bond donors (Lipinski definition) is 0. The molecular weight excluding hydrogens is 397 g/mol. The van der Waals surface area contributed by atoms with Crippen molar-refractivity contribution >= 4 is 5.97 Å². The predicted octanol–water partition coefficient (Wildman–Crippen LogP) is 4.92. The van der Waals surface area contributed by atoms with Gasteiger partial charge in [-0.3, -0.25) is 0 Å². The van der Waals surface area contributed by atoms with Crippen LogP contribution in [0.1, 0.15) is 28.7 Å². The Bertz CT molecular complexity index is 882. The highest BCUT2D eigenvalue weighted by molar-refractivity contribution is 5.96. The maximum atomic E-state index is 14.0. The Morgan fingerprint density at radius 2 is 1.68 bits per heavy atom. The molecule has 0 aliphatic heterocycles. The number of aromatic nitrogens is 2. The molecule has 152 valence electrons. The van der Waals surface area contributed by atoms with Crippen LogP contribution in [0.5, 0.6) is 0 Å². The van der Waals surface area contributed by atoms with Gasteiger partial charge in [-0.1, -0.05) is 24.3 Å². The maximum absolute atomic E-state index is 14.0. The second kappa shape index (κ2) is 7.36. The van der Waals surface area contributed by atoms with Crippen LogP contribution in [0.2, 0.25) is 0 Å². The van der Waals surface area contributed by atoms with Gasteiger partial charge in [-0.25, -0.2) is 14.8 Å². The first-order valence-electron chi connectivity index (χ1n) is 7.77. The Balaban J connectivity index is 2.72. The number of hydrogen-bond acceptors (Lipinski definition) is 4. The normalized spacial score (nSPS) is 12.8. The molecular formula is C17H13F7N2O2. The Kier molecular flexibility index (Phi) is 5.67. The summed E-state index contributed by atoms with van der Waals surface area (Å²) in [4.78, 5) is 18.2. The highest BCUT2D eigenvalue weighted by Crippen LogP contribution is 2.51. The van der Waals surface area contributed by atoms with E-state index in [0.717, 1.165) is 0 Å². The summed E-state index contributed by atoms with van der Waals surface area (Å²) in [5.74, 6) is -15.3. The Morgan fingerprint density at radius 3 is 2.21 bits per heavy atom. The molecule has 0 fully saturated rings. The van der Waals surface area contributed by atoms with Gasteiger partial charge in [0.2, 0.25) is 5.82 Å². The van der Waals surface area contributed by atoms with Gasteiger partial charge >= 0.3 is 24.0 Å². The number of rotatable bonds is 5. The van der Waals surface area contributed by atoms with Crippen LogP contribution >= 0.6 is 0 Å². The van der Waals surface area contributed by atoms with E-state index in [2.05, 4.69) is 9.97 Å². The number of halogens is 7. The minimum absolute atomic E-state index is 0.0697. The fourth-order valence-electron chi connectivity index (χ4n) is 2.25. The molecule has 0 aliphatic carbocycles. The van der Waals surface area contributed by atoms with Crippen LogP contribution in [0.3, 0.4) is 0 Å². The lowest BCUT2D eigenvalue weighted by Crippen LogP contribution is -2.50. The van der Waals surface area contributed by atoms with Gasteiger partial charge in [0.05, 0.1) is 12.3 Å². The van der Waals surface area contributed by atoms with E-state index in [0.29, 0.717) is 11.8 Å². The zero-order valence-corrected chi connectivity index (χ0v) is 14.5. The van der Waals surface area contributed by atoms with E-state index in [1.54, 1.807) is 6.07 Å². The fraction of sp³-hybridized carbons (Fsp3) is 0.353. The molecule has 0 unspecified atom stereocenters. The minimum atomic E-state index is -6.54. The summed E-state index contributed by atoms with van der Waals surface area (Å²) < 4.78 is 96.8. The van der Waals surface area contributed by atoms with E-state index in [1.807, 2.05) is 0 Å². The summed E-state index contributed by atoms with van der Waals surface area (Å²) in [6.45, 7) is 2.86. The van der Waals surface area contributed by atoms with Gasteiger partial charge in [0.25, 0.3) is 0 Å². The largest absolute Gasteiger partial charge is 0.462 e. The molecule has 1 aromatic heterocycles. The molecule has 0 bridgehead atoms. The van der Waals surface area contributed by atoms with E-state index in [1.165, 1.54) is 32.0 Å². The van der Waals surface area contributed by atoms with Gasteiger partial charge in [0.15, 0.2) is 0 Å². The van der Waals surface area contributed by atoms with Crippen LogP contribution in [0.4, 0.5) is 30.7 Å². The molecule has 0 aliphatic rings. The maximum Gasteiger partial charge on any atom is 0.460 e. The summed E-state index contributed by atoms with van der Waals surface area (Å²) >= 11 is 0. The van der Waals surface area contributed by atoms with Gasteiger partial charge in [0, 0.05) is 11.8 Å². The third-order valence-corrected chi connectivity index (χ3v) is 3.72. The number of aryl methyl sites for hydroxylation is 1. The lowest BCUT2D eigenvalue weighted by atomic mass is 10.0. The van der Waals surface area contributed by atoms with Gasteiger partial charge < -0.3 is 4.74 Å². The average Bonchev–Trinajstić information content (AvgIpc) is 2.60. The van der Waals surface area contributed by atoms with Crippen molar-refractivity contribution in [1.82, 2.24) is 9.97 Å². The topological polar surface area (TPSA) is 52.1 Å². The number of ether oxygens (including phenoxy) is 1. The Hall–Kier alpha value is -2.72. The SMILES string of the molecule is CCOC(=O)c1cnc(C(F)(F)C(F)(F)C(F)(F)F)nc1-c1ccccc1C. The summed E-state index contributed by atoms with van der Waals surface area (Å²) in [5, 5.41) is 0. The second-order valence-electron chi connectivity index (χ2n) is 5.64. The first kappa shape index (κ1) is 21.6. The molecule has 0 saturated heterocycles. The van der Waals surface area contributed by atoms with E-state index >= 15 is 0 Å². The van der Waals surface area contributed by atoms with Gasteiger partial charge in [-0.2, -0.15) is 30.7 Å². The first-order valence-corrected chi connectivity index (χ1v) is 7.77. The summed E-state index contributed by atoms with van der Waals surface area (Å²) in [5.41, 5.74) is -0.519. The molecule has 4 nitrogen and oxygen atoms in total. The van der Waals surface area contributed by atoms with E-state index in [9.17, 15) is 35.5 Å². The Labute approximate surface area is 154 Å². The van der Waals surface area contributed by atoms with E-state index in [-0.39, 0.29) is 12.2 Å². The molecule has 0 atom stereocenters. The predicted molar refractivity (Wildman–Crippen MR) is 83.1 cm³/mol. The molecule has 0 N–H and O–H groups in total. The number of benzene rings is 1.